The third kappa shape index (κ3) is 1.75. The summed E-state index contributed by atoms with van der Waals surface area (Å²) < 4.78 is 2.00. The first-order chi connectivity index (χ1) is 6.27. The molecule has 1 aromatic rings. The predicted octanol–water partition coefficient (Wildman–Crippen LogP) is 1.02. The lowest BCUT2D eigenvalue weighted by molar-refractivity contribution is 0.569. The van der Waals surface area contributed by atoms with Crippen LogP contribution in [0.4, 0.5) is 0 Å². The van der Waals surface area contributed by atoms with Gasteiger partial charge in [0.25, 0.3) is 0 Å². The van der Waals surface area contributed by atoms with Gasteiger partial charge in [-0.2, -0.15) is 5.10 Å². The molecule has 1 saturated heterocycles. The zero-order valence-corrected chi connectivity index (χ0v) is 8.38. The smallest absolute Gasteiger partial charge is 0.0521 e. The fourth-order valence-corrected chi connectivity index (χ4v) is 2.03. The molecule has 0 aromatic carbocycles. The van der Waals surface area contributed by atoms with E-state index in [1.54, 1.807) is 0 Å². The Morgan fingerprint density at radius 3 is 3.08 bits per heavy atom. The first-order valence-corrected chi connectivity index (χ1v) is 4.98. The number of nitrogens with one attached hydrogen (secondary N) is 1. The average Bonchev–Trinajstić information content (AvgIpc) is 2.70. The van der Waals surface area contributed by atoms with Crippen LogP contribution in [0.1, 0.15) is 24.1 Å². The maximum Gasteiger partial charge on any atom is 0.0521 e. The van der Waals surface area contributed by atoms with Crippen LogP contribution in [0.25, 0.3) is 0 Å². The number of rotatable bonds is 2. The van der Waals surface area contributed by atoms with Crippen LogP contribution in [0.15, 0.2) is 6.20 Å². The van der Waals surface area contributed by atoms with E-state index >= 15 is 0 Å². The van der Waals surface area contributed by atoms with E-state index in [-0.39, 0.29) is 0 Å². The van der Waals surface area contributed by atoms with E-state index in [1.165, 1.54) is 30.6 Å². The van der Waals surface area contributed by atoms with Crippen molar-refractivity contribution < 1.29 is 0 Å². The maximum absolute atomic E-state index is 4.25. The predicted molar refractivity (Wildman–Crippen MR) is 52.7 cm³/mol. The first kappa shape index (κ1) is 8.75. The van der Waals surface area contributed by atoms with Gasteiger partial charge in [-0.05, 0) is 31.9 Å². The van der Waals surface area contributed by atoms with Gasteiger partial charge in [0.05, 0.1) is 6.20 Å². The van der Waals surface area contributed by atoms with Crippen LogP contribution in [0.5, 0.6) is 0 Å². The number of aryl methyl sites for hydroxylation is 2. The minimum atomic E-state index is 0.675. The highest BCUT2D eigenvalue weighted by Crippen LogP contribution is 2.14. The van der Waals surface area contributed by atoms with Crippen LogP contribution in [0, 0.1) is 6.92 Å². The summed E-state index contributed by atoms with van der Waals surface area (Å²) in [4.78, 5) is 0. The molecule has 0 spiro atoms. The molecule has 0 aliphatic carbocycles. The van der Waals surface area contributed by atoms with Crippen LogP contribution in [0.3, 0.4) is 0 Å². The van der Waals surface area contributed by atoms with E-state index in [4.69, 9.17) is 0 Å². The quantitative estimate of drug-likeness (QED) is 0.734. The second kappa shape index (κ2) is 3.50. The fraction of sp³-hybridized carbons (Fsp3) is 0.700. The Labute approximate surface area is 79.1 Å². The molecule has 1 unspecified atom stereocenters. The second-order valence-electron chi connectivity index (χ2n) is 3.90. The largest absolute Gasteiger partial charge is 0.314 e. The van der Waals surface area contributed by atoms with Gasteiger partial charge in [-0.1, -0.05) is 0 Å². The first-order valence-electron chi connectivity index (χ1n) is 4.98. The van der Waals surface area contributed by atoms with Crippen LogP contribution in [-0.4, -0.2) is 22.4 Å². The van der Waals surface area contributed by atoms with Crippen LogP contribution in [-0.2, 0) is 13.5 Å². The molecule has 1 aliphatic heterocycles. The summed E-state index contributed by atoms with van der Waals surface area (Å²) in [6, 6.07) is 0.675. The molecule has 0 amide bonds. The highest BCUT2D eigenvalue weighted by atomic mass is 15.3. The highest BCUT2D eigenvalue weighted by Gasteiger charge is 2.17. The SMILES string of the molecule is Cc1cnn(C)c1CC1CCCN1. The molecule has 0 radical (unpaired) electrons. The zero-order chi connectivity index (χ0) is 9.26. The number of nitrogens with zero attached hydrogens (tertiary/aromatic N) is 2. The van der Waals surface area contributed by atoms with Crippen molar-refractivity contribution in [2.75, 3.05) is 6.54 Å². The Bertz CT molecular complexity index is 265. The Hall–Kier alpha value is -0.830. The molecule has 1 aliphatic rings. The fourth-order valence-electron chi connectivity index (χ4n) is 2.03. The van der Waals surface area contributed by atoms with Gasteiger partial charge in [-0.15, -0.1) is 0 Å². The average molecular weight is 179 g/mol. The minimum Gasteiger partial charge on any atom is -0.314 e. The molecule has 0 bridgehead atoms. The van der Waals surface area contributed by atoms with E-state index in [9.17, 15) is 0 Å². The topological polar surface area (TPSA) is 29.9 Å². The van der Waals surface area contributed by atoms with E-state index in [1.807, 2.05) is 17.9 Å². The molecule has 13 heavy (non-hydrogen) atoms. The Kier molecular flexibility index (Phi) is 2.36. The third-order valence-electron chi connectivity index (χ3n) is 2.87. The van der Waals surface area contributed by atoms with Crippen molar-refractivity contribution in [1.29, 1.82) is 0 Å². The molecule has 1 atom stereocenters. The van der Waals surface area contributed by atoms with Crippen LogP contribution < -0.4 is 5.32 Å². The zero-order valence-electron chi connectivity index (χ0n) is 8.38. The van der Waals surface area contributed by atoms with Crippen molar-refractivity contribution >= 4 is 0 Å². The molecule has 3 heteroatoms. The number of aromatic nitrogens is 2. The summed E-state index contributed by atoms with van der Waals surface area (Å²) in [6.07, 6.45) is 5.71. The summed E-state index contributed by atoms with van der Waals surface area (Å²) in [5.74, 6) is 0. The van der Waals surface area contributed by atoms with E-state index < -0.39 is 0 Å². The summed E-state index contributed by atoms with van der Waals surface area (Å²) >= 11 is 0. The Balaban J connectivity index is 2.07. The molecular weight excluding hydrogens is 162 g/mol. The molecule has 0 saturated carbocycles. The van der Waals surface area contributed by atoms with Gasteiger partial charge in [0.1, 0.15) is 0 Å². The molecule has 2 heterocycles. The van der Waals surface area contributed by atoms with Gasteiger partial charge in [0, 0.05) is 25.2 Å². The van der Waals surface area contributed by atoms with Gasteiger partial charge in [0.2, 0.25) is 0 Å². The van der Waals surface area contributed by atoms with Crippen molar-refractivity contribution in [3.05, 3.63) is 17.5 Å². The summed E-state index contributed by atoms with van der Waals surface area (Å²) in [7, 11) is 2.03. The van der Waals surface area contributed by atoms with E-state index in [0.29, 0.717) is 6.04 Å². The Morgan fingerprint density at radius 2 is 2.54 bits per heavy atom. The monoisotopic (exact) mass is 179 g/mol. The lowest BCUT2D eigenvalue weighted by Crippen LogP contribution is -2.25. The maximum atomic E-state index is 4.25. The lowest BCUT2D eigenvalue weighted by atomic mass is 10.1. The van der Waals surface area contributed by atoms with Gasteiger partial charge in [-0.3, -0.25) is 4.68 Å². The normalized spacial score (nSPS) is 22.5. The lowest BCUT2D eigenvalue weighted by Gasteiger charge is -2.10. The van der Waals surface area contributed by atoms with Crippen LogP contribution in [0.2, 0.25) is 0 Å². The van der Waals surface area contributed by atoms with Crippen molar-refractivity contribution in [3.63, 3.8) is 0 Å². The third-order valence-corrected chi connectivity index (χ3v) is 2.87. The molecule has 1 fully saturated rings. The molecule has 1 N–H and O–H groups in total. The Morgan fingerprint density at radius 1 is 1.69 bits per heavy atom. The highest BCUT2D eigenvalue weighted by molar-refractivity contribution is 5.16. The second-order valence-corrected chi connectivity index (χ2v) is 3.90. The van der Waals surface area contributed by atoms with Gasteiger partial charge in [0.15, 0.2) is 0 Å². The molecule has 2 rings (SSSR count). The van der Waals surface area contributed by atoms with Crippen molar-refractivity contribution in [2.24, 2.45) is 7.05 Å². The molecular formula is C10H17N3. The molecule has 72 valence electrons. The van der Waals surface area contributed by atoms with E-state index in [0.717, 1.165) is 6.42 Å². The van der Waals surface area contributed by atoms with Crippen molar-refractivity contribution in [3.8, 4) is 0 Å². The summed E-state index contributed by atoms with van der Waals surface area (Å²) in [6.45, 7) is 3.32. The van der Waals surface area contributed by atoms with Gasteiger partial charge < -0.3 is 5.32 Å². The molecule has 3 nitrogen and oxygen atoms in total. The number of hydrogen-bond acceptors (Lipinski definition) is 2. The van der Waals surface area contributed by atoms with E-state index in [2.05, 4.69) is 17.3 Å². The molecule has 1 aromatic heterocycles. The van der Waals surface area contributed by atoms with Gasteiger partial charge >= 0.3 is 0 Å². The van der Waals surface area contributed by atoms with Crippen molar-refractivity contribution in [1.82, 2.24) is 15.1 Å². The summed E-state index contributed by atoms with van der Waals surface area (Å²) in [5, 5.41) is 7.76. The number of hydrogen-bond donors (Lipinski definition) is 1. The summed E-state index contributed by atoms with van der Waals surface area (Å²) in [5.41, 5.74) is 2.69. The van der Waals surface area contributed by atoms with Crippen LogP contribution >= 0.6 is 0 Å². The van der Waals surface area contributed by atoms with Gasteiger partial charge in [-0.25, -0.2) is 0 Å². The van der Waals surface area contributed by atoms with Crippen molar-refractivity contribution in [2.45, 2.75) is 32.2 Å². The standard InChI is InChI=1S/C10H17N3/c1-8-7-12-13(2)10(8)6-9-4-3-5-11-9/h7,9,11H,3-6H2,1-2H3. The minimum absolute atomic E-state index is 0.675.